The lowest BCUT2D eigenvalue weighted by Gasteiger charge is -2.44. The summed E-state index contributed by atoms with van der Waals surface area (Å²) in [5.41, 5.74) is 1.20. The Hall–Kier alpha value is -0.600. The van der Waals surface area contributed by atoms with Gasteiger partial charge in [0, 0.05) is 5.41 Å². The Morgan fingerprint density at radius 3 is 2.70 bits per heavy atom. The van der Waals surface area contributed by atoms with Gasteiger partial charge in [0.25, 0.3) is 0 Å². The summed E-state index contributed by atoms with van der Waals surface area (Å²) < 4.78 is 12.2. The van der Waals surface area contributed by atoms with Crippen LogP contribution in [0.15, 0.2) is 24.3 Å². The van der Waals surface area contributed by atoms with Crippen molar-refractivity contribution in [3.63, 3.8) is 0 Å². The minimum atomic E-state index is -0.207. The summed E-state index contributed by atoms with van der Waals surface area (Å²) >= 11 is 0. The van der Waals surface area contributed by atoms with Crippen molar-refractivity contribution in [1.82, 2.24) is 0 Å². The largest absolute Gasteiger partial charge is 0.348 e. The van der Waals surface area contributed by atoms with E-state index in [1.807, 2.05) is 0 Å². The smallest absolute Gasteiger partial charge is 0.179 e. The van der Waals surface area contributed by atoms with Gasteiger partial charge >= 0.3 is 0 Å². The van der Waals surface area contributed by atoms with Gasteiger partial charge in [-0.2, -0.15) is 0 Å². The monoisotopic (exact) mass is 278 g/mol. The Labute approximate surface area is 124 Å². The fourth-order valence-corrected chi connectivity index (χ4v) is 3.51. The molecule has 0 bridgehead atoms. The lowest BCUT2D eigenvalue weighted by molar-refractivity contribution is -0.254. The molecule has 0 aromatic heterocycles. The molecule has 3 atom stereocenters. The first-order valence-corrected chi connectivity index (χ1v) is 8.00. The zero-order valence-corrected chi connectivity index (χ0v) is 13.5. The fraction of sp³-hybridized carbons (Fsp3) is 0.778. The summed E-state index contributed by atoms with van der Waals surface area (Å²) in [6, 6.07) is 0. The molecule has 2 rings (SSSR count). The predicted octanol–water partition coefficient (Wildman–Crippen LogP) is 4.71. The highest BCUT2D eigenvalue weighted by Gasteiger charge is 2.40. The van der Waals surface area contributed by atoms with Crippen molar-refractivity contribution in [3.05, 3.63) is 24.3 Å². The quantitative estimate of drug-likeness (QED) is 0.693. The Bertz CT molecular complexity index is 368. The SMILES string of the molecule is C=C(CC1CC=CCC1)C1OCC(C)(C)C(C(C)C)O1. The highest BCUT2D eigenvalue weighted by atomic mass is 16.7. The molecule has 0 N–H and O–H groups in total. The lowest BCUT2D eigenvalue weighted by Crippen LogP contribution is -2.48. The van der Waals surface area contributed by atoms with Crippen molar-refractivity contribution in [2.24, 2.45) is 17.3 Å². The van der Waals surface area contributed by atoms with E-state index in [9.17, 15) is 0 Å². The highest BCUT2D eigenvalue weighted by Crippen LogP contribution is 2.37. The first kappa shape index (κ1) is 15.8. The molecule has 1 aliphatic carbocycles. The summed E-state index contributed by atoms with van der Waals surface area (Å²) in [7, 11) is 0. The van der Waals surface area contributed by atoms with Gasteiger partial charge in [-0.05, 0) is 43.1 Å². The second-order valence-corrected chi connectivity index (χ2v) is 7.45. The molecule has 1 aliphatic heterocycles. The summed E-state index contributed by atoms with van der Waals surface area (Å²) in [6.07, 6.45) is 9.28. The molecule has 3 unspecified atom stereocenters. The standard InChI is InChI=1S/C18H30O2/c1-13(2)16-18(4,5)12-19-17(20-16)14(3)11-15-9-7-6-8-10-15/h6-7,13,15-17H,3,8-12H2,1-2,4-5H3. The van der Waals surface area contributed by atoms with E-state index in [1.54, 1.807) is 0 Å². The van der Waals surface area contributed by atoms with Crippen LogP contribution in [-0.4, -0.2) is 19.0 Å². The van der Waals surface area contributed by atoms with E-state index in [4.69, 9.17) is 9.47 Å². The molecule has 2 nitrogen and oxygen atoms in total. The zero-order chi connectivity index (χ0) is 14.8. The van der Waals surface area contributed by atoms with Crippen LogP contribution in [0.4, 0.5) is 0 Å². The van der Waals surface area contributed by atoms with Gasteiger partial charge < -0.3 is 9.47 Å². The third kappa shape index (κ3) is 3.73. The first-order valence-electron chi connectivity index (χ1n) is 8.00. The Morgan fingerprint density at radius 2 is 2.10 bits per heavy atom. The molecule has 0 amide bonds. The van der Waals surface area contributed by atoms with Gasteiger partial charge in [0.2, 0.25) is 0 Å². The molecule has 1 heterocycles. The van der Waals surface area contributed by atoms with Crippen LogP contribution in [0.1, 0.15) is 53.4 Å². The summed E-state index contributed by atoms with van der Waals surface area (Å²) in [5.74, 6) is 1.22. The molecular formula is C18H30O2. The van der Waals surface area contributed by atoms with Crippen LogP contribution >= 0.6 is 0 Å². The number of ether oxygens (including phenoxy) is 2. The molecule has 0 aromatic rings. The third-order valence-electron chi connectivity index (χ3n) is 4.51. The van der Waals surface area contributed by atoms with E-state index in [2.05, 4.69) is 46.4 Å². The minimum absolute atomic E-state index is 0.0819. The second kappa shape index (κ2) is 6.44. The van der Waals surface area contributed by atoms with Crippen LogP contribution in [0.3, 0.4) is 0 Å². The maximum absolute atomic E-state index is 6.23. The molecule has 0 saturated carbocycles. The van der Waals surface area contributed by atoms with Gasteiger partial charge in [-0.15, -0.1) is 0 Å². The zero-order valence-electron chi connectivity index (χ0n) is 13.5. The average Bonchev–Trinajstić information content (AvgIpc) is 2.39. The topological polar surface area (TPSA) is 18.5 Å². The molecule has 0 aromatic carbocycles. The third-order valence-corrected chi connectivity index (χ3v) is 4.51. The number of hydrogen-bond donors (Lipinski definition) is 0. The minimum Gasteiger partial charge on any atom is -0.348 e. The van der Waals surface area contributed by atoms with E-state index in [0.29, 0.717) is 11.8 Å². The van der Waals surface area contributed by atoms with Crippen LogP contribution in [0.25, 0.3) is 0 Å². The molecule has 20 heavy (non-hydrogen) atoms. The summed E-state index contributed by atoms with van der Waals surface area (Å²) in [4.78, 5) is 0. The van der Waals surface area contributed by atoms with E-state index in [0.717, 1.165) is 18.6 Å². The van der Waals surface area contributed by atoms with Crippen LogP contribution in [0.2, 0.25) is 0 Å². The number of hydrogen-bond acceptors (Lipinski definition) is 2. The maximum Gasteiger partial charge on any atom is 0.179 e. The normalized spacial score (nSPS) is 33.4. The first-order chi connectivity index (χ1) is 9.40. The maximum atomic E-state index is 6.23. The lowest BCUT2D eigenvalue weighted by atomic mass is 9.80. The van der Waals surface area contributed by atoms with Crippen LogP contribution in [-0.2, 0) is 9.47 Å². The van der Waals surface area contributed by atoms with Crippen molar-refractivity contribution < 1.29 is 9.47 Å². The molecule has 114 valence electrons. The van der Waals surface area contributed by atoms with Gasteiger partial charge in [0.05, 0.1) is 12.7 Å². The Balaban J connectivity index is 1.92. The van der Waals surface area contributed by atoms with E-state index in [-0.39, 0.29) is 17.8 Å². The molecule has 1 saturated heterocycles. The van der Waals surface area contributed by atoms with Crippen molar-refractivity contribution >= 4 is 0 Å². The van der Waals surface area contributed by atoms with Crippen molar-refractivity contribution in [1.29, 1.82) is 0 Å². The fourth-order valence-electron chi connectivity index (χ4n) is 3.51. The van der Waals surface area contributed by atoms with Crippen LogP contribution < -0.4 is 0 Å². The van der Waals surface area contributed by atoms with Gasteiger partial charge in [0.15, 0.2) is 6.29 Å². The van der Waals surface area contributed by atoms with Crippen molar-refractivity contribution in [3.8, 4) is 0 Å². The average molecular weight is 278 g/mol. The Kier molecular flexibility index (Phi) is 5.09. The molecular weight excluding hydrogens is 248 g/mol. The van der Waals surface area contributed by atoms with Crippen molar-refractivity contribution in [2.75, 3.05) is 6.61 Å². The summed E-state index contributed by atoms with van der Waals surface area (Å²) in [6.45, 7) is 13.9. The molecule has 2 aliphatic rings. The number of allylic oxidation sites excluding steroid dienone is 2. The molecule has 2 heteroatoms. The Morgan fingerprint density at radius 1 is 1.35 bits per heavy atom. The van der Waals surface area contributed by atoms with Gasteiger partial charge in [-0.3, -0.25) is 0 Å². The van der Waals surface area contributed by atoms with Crippen LogP contribution in [0, 0.1) is 17.3 Å². The highest BCUT2D eigenvalue weighted by molar-refractivity contribution is 5.05. The predicted molar refractivity (Wildman–Crippen MR) is 83.5 cm³/mol. The van der Waals surface area contributed by atoms with Gasteiger partial charge in [-0.25, -0.2) is 0 Å². The van der Waals surface area contributed by atoms with E-state index in [1.165, 1.54) is 19.3 Å². The second-order valence-electron chi connectivity index (χ2n) is 7.45. The number of rotatable bonds is 4. The van der Waals surface area contributed by atoms with E-state index >= 15 is 0 Å². The van der Waals surface area contributed by atoms with Crippen LogP contribution in [0.5, 0.6) is 0 Å². The van der Waals surface area contributed by atoms with E-state index < -0.39 is 0 Å². The van der Waals surface area contributed by atoms with Crippen molar-refractivity contribution in [2.45, 2.75) is 65.8 Å². The molecule has 1 fully saturated rings. The van der Waals surface area contributed by atoms with Gasteiger partial charge in [-0.1, -0.05) is 46.4 Å². The summed E-state index contributed by atoms with van der Waals surface area (Å²) in [5, 5.41) is 0. The molecule has 0 spiro atoms. The van der Waals surface area contributed by atoms with Gasteiger partial charge in [0.1, 0.15) is 0 Å². The molecule has 0 radical (unpaired) electrons.